The highest BCUT2D eigenvalue weighted by molar-refractivity contribution is 9.10. The fourth-order valence-corrected chi connectivity index (χ4v) is 3.69. The van der Waals surface area contributed by atoms with E-state index in [4.69, 9.17) is 23.2 Å². The zero-order valence-corrected chi connectivity index (χ0v) is 14.4. The van der Waals surface area contributed by atoms with Gasteiger partial charge in [-0.1, -0.05) is 28.1 Å². The highest BCUT2D eigenvalue weighted by Crippen LogP contribution is 2.32. The van der Waals surface area contributed by atoms with Crippen molar-refractivity contribution in [2.75, 3.05) is 11.8 Å². The molecule has 0 spiro atoms. The summed E-state index contributed by atoms with van der Waals surface area (Å²) in [6.07, 6.45) is 0.770. The van der Waals surface area contributed by atoms with Crippen LogP contribution in [0.15, 0.2) is 34.1 Å². The van der Waals surface area contributed by atoms with Gasteiger partial charge in [-0.15, -0.1) is 34.5 Å². The largest absolute Gasteiger partial charge is 0.247 e. The first-order valence-electron chi connectivity index (χ1n) is 5.88. The van der Waals surface area contributed by atoms with Crippen LogP contribution >= 0.6 is 50.5 Å². The molecule has 1 aromatic heterocycles. The minimum atomic E-state index is -0.260. The zero-order chi connectivity index (χ0) is 13.9. The molecule has 0 unspecified atom stereocenters. The van der Waals surface area contributed by atoms with Gasteiger partial charge in [0.1, 0.15) is 0 Å². The third-order valence-electron chi connectivity index (χ3n) is 3.15. The van der Waals surface area contributed by atoms with Gasteiger partial charge >= 0.3 is 0 Å². The molecule has 19 heavy (non-hydrogen) atoms. The molecule has 0 saturated heterocycles. The van der Waals surface area contributed by atoms with E-state index in [9.17, 15) is 0 Å². The lowest BCUT2D eigenvalue weighted by molar-refractivity contribution is 0.530. The fourth-order valence-electron chi connectivity index (χ4n) is 2.03. The van der Waals surface area contributed by atoms with Crippen LogP contribution in [0.1, 0.15) is 16.3 Å². The number of hydrogen-bond acceptors (Lipinski definition) is 2. The maximum Gasteiger partial charge on any atom is 0.0897 e. The molecule has 0 aliphatic heterocycles. The molecular formula is C14H14BrCl2NS. The van der Waals surface area contributed by atoms with Crippen LogP contribution in [0.2, 0.25) is 0 Å². The van der Waals surface area contributed by atoms with E-state index in [1.54, 1.807) is 11.3 Å². The molecule has 1 heterocycles. The van der Waals surface area contributed by atoms with E-state index >= 15 is 0 Å². The van der Waals surface area contributed by atoms with Crippen molar-refractivity contribution in [3.05, 3.63) is 50.4 Å². The summed E-state index contributed by atoms with van der Waals surface area (Å²) in [6.45, 7) is 2.01. The number of thiazole rings is 1. The first kappa shape index (κ1) is 15.3. The van der Waals surface area contributed by atoms with Crippen LogP contribution in [-0.2, 0) is 11.8 Å². The van der Waals surface area contributed by atoms with Crippen molar-refractivity contribution in [2.45, 2.75) is 18.8 Å². The Bertz CT molecular complexity index is 535. The van der Waals surface area contributed by atoms with Crippen molar-refractivity contribution in [1.82, 2.24) is 4.98 Å². The fraction of sp³-hybridized carbons (Fsp3) is 0.357. The Morgan fingerprint density at radius 1 is 1.21 bits per heavy atom. The average molecular weight is 379 g/mol. The molecule has 102 valence electrons. The van der Waals surface area contributed by atoms with Crippen LogP contribution in [0, 0.1) is 6.92 Å². The molecule has 0 N–H and O–H groups in total. The Labute approximate surface area is 136 Å². The van der Waals surface area contributed by atoms with Gasteiger partial charge in [0, 0.05) is 33.4 Å². The van der Waals surface area contributed by atoms with E-state index in [0.29, 0.717) is 11.8 Å². The first-order chi connectivity index (χ1) is 9.09. The molecule has 0 amide bonds. The van der Waals surface area contributed by atoms with Gasteiger partial charge in [-0.05, 0) is 24.6 Å². The van der Waals surface area contributed by atoms with E-state index in [2.05, 4.69) is 38.4 Å². The van der Waals surface area contributed by atoms with Crippen LogP contribution in [-0.4, -0.2) is 16.7 Å². The number of aryl methyl sites for hydroxylation is 1. The second kappa shape index (κ2) is 6.57. The number of halogens is 3. The summed E-state index contributed by atoms with van der Waals surface area (Å²) in [6, 6.07) is 8.20. The second-order valence-electron chi connectivity index (χ2n) is 4.59. The topological polar surface area (TPSA) is 12.9 Å². The molecule has 2 aromatic rings. The molecule has 5 heteroatoms. The quantitative estimate of drug-likeness (QED) is 0.653. The molecule has 0 fully saturated rings. The smallest absolute Gasteiger partial charge is 0.0897 e. The molecule has 0 aliphatic rings. The SMILES string of the molecule is Cc1nc(CC(CCl)(CCl)c2ccc(Br)cc2)cs1. The Kier molecular flexibility index (Phi) is 5.29. The minimum absolute atomic E-state index is 0.260. The van der Waals surface area contributed by atoms with E-state index in [1.807, 2.05) is 19.1 Å². The van der Waals surface area contributed by atoms with Crippen molar-refractivity contribution in [3.63, 3.8) is 0 Å². The maximum absolute atomic E-state index is 6.23. The van der Waals surface area contributed by atoms with E-state index < -0.39 is 0 Å². The monoisotopic (exact) mass is 377 g/mol. The molecule has 0 bridgehead atoms. The van der Waals surface area contributed by atoms with Crippen LogP contribution in [0.25, 0.3) is 0 Å². The maximum atomic E-state index is 6.23. The summed E-state index contributed by atoms with van der Waals surface area (Å²) in [5, 5.41) is 3.16. The zero-order valence-electron chi connectivity index (χ0n) is 10.5. The Balaban J connectivity index is 2.33. The van der Waals surface area contributed by atoms with Gasteiger partial charge in [0.15, 0.2) is 0 Å². The molecule has 2 rings (SSSR count). The van der Waals surface area contributed by atoms with E-state index in [0.717, 1.165) is 27.2 Å². The summed E-state index contributed by atoms with van der Waals surface area (Å²) in [5.41, 5.74) is 1.96. The molecule has 0 aliphatic carbocycles. The van der Waals surface area contributed by atoms with Crippen LogP contribution in [0.3, 0.4) is 0 Å². The standard InChI is InChI=1S/C14H14BrCl2NS/c1-10-18-13(7-19-10)6-14(8-16,9-17)11-2-4-12(15)5-3-11/h2-5,7H,6,8-9H2,1H3. The lowest BCUT2D eigenvalue weighted by Crippen LogP contribution is -2.33. The number of rotatable bonds is 5. The second-order valence-corrected chi connectivity index (χ2v) is 7.10. The van der Waals surface area contributed by atoms with Crippen molar-refractivity contribution in [3.8, 4) is 0 Å². The summed E-state index contributed by atoms with van der Waals surface area (Å²) < 4.78 is 1.05. The summed E-state index contributed by atoms with van der Waals surface area (Å²) in [4.78, 5) is 4.53. The van der Waals surface area contributed by atoms with E-state index in [1.165, 1.54) is 0 Å². The first-order valence-corrected chi connectivity index (χ1v) is 8.63. The minimum Gasteiger partial charge on any atom is -0.247 e. The Hall–Kier alpha value is -0.0900. The van der Waals surface area contributed by atoms with E-state index in [-0.39, 0.29) is 5.41 Å². The lowest BCUT2D eigenvalue weighted by atomic mass is 9.80. The van der Waals surface area contributed by atoms with Crippen molar-refractivity contribution in [2.24, 2.45) is 0 Å². The summed E-state index contributed by atoms with van der Waals surface area (Å²) in [5.74, 6) is 0.962. The van der Waals surface area contributed by atoms with Crippen LogP contribution in [0.4, 0.5) is 0 Å². The van der Waals surface area contributed by atoms with Crippen LogP contribution < -0.4 is 0 Å². The molecule has 1 nitrogen and oxygen atoms in total. The van der Waals surface area contributed by atoms with Gasteiger partial charge < -0.3 is 0 Å². The van der Waals surface area contributed by atoms with Crippen molar-refractivity contribution in [1.29, 1.82) is 0 Å². The molecule has 0 saturated carbocycles. The average Bonchev–Trinajstić information content (AvgIpc) is 2.82. The predicted octanol–water partition coefficient (Wildman–Crippen LogP) is 5.17. The number of nitrogens with zero attached hydrogens (tertiary/aromatic N) is 1. The third-order valence-corrected chi connectivity index (χ3v) is 5.53. The molecule has 0 radical (unpaired) electrons. The number of aromatic nitrogens is 1. The highest BCUT2D eigenvalue weighted by atomic mass is 79.9. The normalized spacial score (nSPS) is 11.8. The van der Waals surface area contributed by atoms with Gasteiger partial charge in [0.25, 0.3) is 0 Å². The van der Waals surface area contributed by atoms with Crippen LogP contribution in [0.5, 0.6) is 0 Å². The highest BCUT2D eigenvalue weighted by Gasteiger charge is 2.31. The predicted molar refractivity (Wildman–Crippen MR) is 87.8 cm³/mol. The lowest BCUT2D eigenvalue weighted by Gasteiger charge is -2.29. The Morgan fingerprint density at radius 2 is 1.84 bits per heavy atom. The summed E-state index contributed by atoms with van der Waals surface area (Å²) >= 11 is 17.6. The number of hydrogen-bond donors (Lipinski definition) is 0. The van der Waals surface area contributed by atoms with Crippen molar-refractivity contribution < 1.29 is 0 Å². The molecular weight excluding hydrogens is 365 g/mol. The van der Waals surface area contributed by atoms with Gasteiger partial charge in [-0.25, -0.2) is 4.98 Å². The number of alkyl halides is 2. The van der Waals surface area contributed by atoms with Gasteiger partial charge in [0.2, 0.25) is 0 Å². The van der Waals surface area contributed by atoms with Gasteiger partial charge in [-0.2, -0.15) is 0 Å². The van der Waals surface area contributed by atoms with Crippen molar-refractivity contribution >= 4 is 50.5 Å². The Morgan fingerprint density at radius 3 is 2.32 bits per heavy atom. The van der Waals surface area contributed by atoms with Gasteiger partial charge in [0.05, 0.1) is 10.7 Å². The number of benzene rings is 1. The molecule has 1 aromatic carbocycles. The van der Waals surface area contributed by atoms with Gasteiger partial charge in [-0.3, -0.25) is 0 Å². The summed E-state index contributed by atoms with van der Waals surface area (Å²) in [7, 11) is 0. The third kappa shape index (κ3) is 3.52. The molecule has 0 atom stereocenters.